The third-order valence-electron chi connectivity index (χ3n) is 5.66. The first-order chi connectivity index (χ1) is 16.3. The largest absolute Gasteiger partial charge is 0.478 e. The Balaban J connectivity index is 0.000000350. The van der Waals surface area contributed by atoms with E-state index in [9.17, 15) is 14.0 Å². The fraction of sp³-hybridized carbons (Fsp3) is 0.360. The minimum absolute atomic E-state index is 0.144. The molecule has 6 nitrogen and oxygen atoms in total. The molecule has 1 atom stereocenters. The van der Waals surface area contributed by atoms with E-state index in [0.29, 0.717) is 18.2 Å². The van der Waals surface area contributed by atoms with Gasteiger partial charge in [0.2, 0.25) is 0 Å². The number of hydrogen-bond donors (Lipinski definition) is 2. The fourth-order valence-electron chi connectivity index (χ4n) is 3.97. The molecule has 0 bridgehead atoms. The number of piperazine rings is 1. The normalized spacial score (nSPS) is 18.4. The number of rotatable bonds is 5. The van der Waals surface area contributed by atoms with Gasteiger partial charge in [0.1, 0.15) is 5.82 Å². The third-order valence-corrected chi connectivity index (χ3v) is 7.73. The van der Waals surface area contributed by atoms with Crippen molar-refractivity contribution in [2.24, 2.45) is 0 Å². The van der Waals surface area contributed by atoms with Crippen LogP contribution in [0.3, 0.4) is 0 Å². The predicted molar refractivity (Wildman–Crippen MR) is 133 cm³/mol. The molecule has 9 heteroatoms. The van der Waals surface area contributed by atoms with Crippen molar-refractivity contribution < 1.29 is 24.2 Å². The van der Waals surface area contributed by atoms with Gasteiger partial charge in [-0.1, -0.05) is 24.8 Å². The molecule has 0 saturated carbocycles. The molecule has 182 valence electrons. The molecule has 1 saturated heterocycles. The molecule has 1 fully saturated rings. The average Bonchev–Trinajstić information content (AvgIpc) is 2.95. The molecule has 0 aliphatic carbocycles. The quantitative estimate of drug-likeness (QED) is 0.450. The van der Waals surface area contributed by atoms with E-state index in [1.807, 2.05) is 17.8 Å². The summed E-state index contributed by atoms with van der Waals surface area (Å²) < 4.78 is 13.8. The van der Waals surface area contributed by atoms with Gasteiger partial charge in [0.15, 0.2) is 0 Å². The molecule has 2 aliphatic heterocycles. The molecule has 1 unspecified atom stereocenters. The van der Waals surface area contributed by atoms with Gasteiger partial charge in [-0.2, -0.15) is 0 Å². The zero-order chi connectivity index (χ0) is 24.7. The summed E-state index contributed by atoms with van der Waals surface area (Å²) in [6.07, 6.45) is 2.07. The van der Waals surface area contributed by atoms with E-state index in [-0.39, 0.29) is 5.82 Å². The van der Waals surface area contributed by atoms with Crippen molar-refractivity contribution in [1.29, 1.82) is 0 Å². The first kappa shape index (κ1) is 26.3. The van der Waals surface area contributed by atoms with Crippen molar-refractivity contribution in [3.63, 3.8) is 0 Å². The molecule has 2 aliphatic rings. The minimum atomic E-state index is -1.26. The summed E-state index contributed by atoms with van der Waals surface area (Å²) in [5, 5.41) is 15.6. The number of carboxylic acids is 2. The van der Waals surface area contributed by atoms with Crippen molar-refractivity contribution in [2.75, 3.05) is 39.0 Å². The van der Waals surface area contributed by atoms with E-state index < -0.39 is 11.9 Å². The van der Waals surface area contributed by atoms with Crippen molar-refractivity contribution in [2.45, 2.75) is 34.1 Å². The Morgan fingerprint density at radius 1 is 1.06 bits per heavy atom. The van der Waals surface area contributed by atoms with Gasteiger partial charge >= 0.3 is 11.9 Å². The highest BCUT2D eigenvalue weighted by atomic mass is 32.2. The topological polar surface area (TPSA) is 81.1 Å². The standard InChI is InChI=1S/C21H25FN2S2.C4H4O4/c1-3-25-17-6-7-20-18(14-17)19(24-10-8-23(2)9-11-24)12-15-4-5-16(22)13-21(15)26-20;5-3(6)1-2-4(7)8/h4-7,13-14,19H,3,8-12H2,1-2H3;1-2H,(H,5,6)(H,7,8)/b;2-1-. The number of likely N-dealkylation sites (N-methyl/N-ethyl adjacent to an activating group) is 1. The SMILES string of the molecule is CCSc1ccc2c(c1)C(N1CCN(C)CC1)Cc1ccc(F)cc1S2.O=C(O)/C=C\C(=O)O. The highest BCUT2D eigenvalue weighted by molar-refractivity contribution is 7.99. The van der Waals surface area contributed by atoms with Gasteiger partial charge in [-0.15, -0.1) is 11.8 Å². The first-order valence-corrected chi connectivity index (χ1v) is 12.9. The molecule has 4 rings (SSSR count). The van der Waals surface area contributed by atoms with Crippen LogP contribution >= 0.6 is 23.5 Å². The lowest BCUT2D eigenvalue weighted by molar-refractivity contribution is -0.134. The highest BCUT2D eigenvalue weighted by Crippen LogP contribution is 2.44. The first-order valence-electron chi connectivity index (χ1n) is 11.1. The number of carbonyl (C=O) groups is 2. The van der Waals surface area contributed by atoms with Crippen LogP contribution in [0.4, 0.5) is 4.39 Å². The summed E-state index contributed by atoms with van der Waals surface area (Å²) in [5.74, 6) is -1.58. The molecule has 2 N–H and O–H groups in total. The molecule has 0 spiro atoms. The van der Waals surface area contributed by atoms with Crippen LogP contribution in [0.1, 0.15) is 24.1 Å². The predicted octanol–water partition coefficient (Wildman–Crippen LogP) is 4.65. The maximum Gasteiger partial charge on any atom is 0.328 e. The van der Waals surface area contributed by atoms with Crippen molar-refractivity contribution >= 4 is 35.5 Å². The van der Waals surface area contributed by atoms with Crippen molar-refractivity contribution in [1.82, 2.24) is 9.80 Å². The second kappa shape index (κ2) is 12.4. The minimum Gasteiger partial charge on any atom is -0.478 e. The Bertz CT molecular complexity index is 1040. The van der Waals surface area contributed by atoms with Crippen LogP contribution in [0.15, 0.2) is 63.2 Å². The van der Waals surface area contributed by atoms with Crippen molar-refractivity contribution in [3.05, 3.63) is 65.5 Å². The smallest absolute Gasteiger partial charge is 0.328 e. The van der Waals surface area contributed by atoms with Gasteiger partial charge in [0.05, 0.1) is 0 Å². The Labute approximate surface area is 207 Å². The van der Waals surface area contributed by atoms with Crippen LogP contribution in [0.25, 0.3) is 0 Å². The number of benzene rings is 2. The molecular formula is C25H29FN2O4S2. The molecule has 2 heterocycles. The number of carboxylic acid groups (broad SMARTS) is 2. The molecule has 0 amide bonds. The maximum atomic E-state index is 13.8. The average molecular weight is 505 g/mol. The number of aliphatic carboxylic acids is 2. The Morgan fingerprint density at radius 3 is 2.35 bits per heavy atom. The summed E-state index contributed by atoms with van der Waals surface area (Å²) in [5.41, 5.74) is 2.68. The van der Waals surface area contributed by atoms with Crippen LogP contribution in [-0.4, -0.2) is 70.9 Å². The van der Waals surface area contributed by atoms with E-state index in [4.69, 9.17) is 10.2 Å². The molecular weight excluding hydrogens is 475 g/mol. The van der Waals surface area contributed by atoms with Crippen LogP contribution in [0.5, 0.6) is 0 Å². The van der Waals surface area contributed by atoms with Crippen molar-refractivity contribution in [3.8, 4) is 0 Å². The van der Waals surface area contributed by atoms with E-state index in [1.165, 1.54) is 20.9 Å². The molecule has 0 radical (unpaired) electrons. The zero-order valence-electron chi connectivity index (χ0n) is 19.2. The summed E-state index contributed by atoms with van der Waals surface area (Å²) in [7, 11) is 2.20. The van der Waals surface area contributed by atoms with Gasteiger partial charge in [-0.3, -0.25) is 4.90 Å². The van der Waals surface area contributed by atoms with E-state index in [2.05, 4.69) is 42.0 Å². The monoisotopic (exact) mass is 504 g/mol. The van der Waals surface area contributed by atoms with Gasteiger partial charge in [0, 0.05) is 59.1 Å². The van der Waals surface area contributed by atoms with Crippen LogP contribution in [0.2, 0.25) is 0 Å². The van der Waals surface area contributed by atoms with E-state index >= 15 is 0 Å². The fourth-order valence-corrected chi connectivity index (χ4v) is 5.81. The van der Waals surface area contributed by atoms with Crippen LogP contribution in [0, 0.1) is 5.82 Å². The van der Waals surface area contributed by atoms with E-state index in [1.54, 1.807) is 23.9 Å². The summed E-state index contributed by atoms with van der Waals surface area (Å²) in [6.45, 7) is 6.60. The zero-order valence-corrected chi connectivity index (χ0v) is 20.9. The maximum absolute atomic E-state index is 13.8. The Morgan fingerprint density at radius 2 is 1.74 bits per heavy atom. The number of fused-ring (bicyclic) bond motifs is 2. The number of hydrogen-bond acceptors (Lipinski definition) is 6. The summed E-state index contributed by atoms with van der Waals surface area (Å²) in [6, 6.07) is 12.5. The summed E-state index contributed by atoms with van der Waals surface area (Å²) >= 11 is 3.62. The summed E-state index contributed by atoms with van der Waals surface area (Å²) in [4.78, 5) is 27.8. The lowest BCUT2D eigenvalue weighted by Crippen LogP contribution is -2.46. The van der Waals surface area contributed by atoms with Gasteiger partial charge in [0.25, 0.3) is 0 Å². The molecule has 2 aromatic carbocycles. The number of halogens is 1. The second-order valence-electron chi connectivity index (χ2n) is 8.06. The Hall–Kier alpha value is -2.33. The van der Waals surface area contributed by atoms with Crippen LogP contribution < -0.4 is 0 Å². The lowest BCUT2D eigenvalue weighted by atomic mass is 9.96. The molecule has 2 aromatic rings. The van der Waals surface area contributed by atoms with Gasteiger partial charge in [-0.25, -0.2) is 14.0 Å². The second-order valence-corrected chi connectivity index (χ2v) is 10.5. The third kappa shape index (κ3) is 7.33. The number of thioether (sulfide) groups is 1. The van der Waals surface area contributed by atoms with Gasteiger partial charge < -0.3 is 15.1 Å². The number of nitrogens with zero attached hydrogens (tertiary/aromatic N) is 2. The van der Waals surface area contributed by atoms with E-state index in [0.717, 1.165) is 43.2 Å². The van der Waals surface area contributed by atoms with Crippen LogP contribution in [-0.2, 0) is 16.0 Å². The highest BCUT2D eigenvalue weighted by Gasteiger charge is 2.29. The van der Waals surface area contributed by atoms with Gasteiger partial charge in [-0.05, 0) is 60.7 Å². The Kier molecular flexibility index (Phi) is 9.58. The molecule has 0 aromatic heterocycles. The lowest BCUT2D eigenvalue weighted by Gasteiger charge is -2.38. The molecule has 34 heavy (non-hydrogen) atoms.